The lowest BCUT2D eigenvalue weighted by molar-refractivity contribution is -0.132. The van der Waals surface area contributed by atoms with Crippen molar-refractivity contribution in [1.29, 1.82) is 0 Å². The fourth-order valence-electron chi connectivity index (χ4n) is 4.59. The molecule has 0 spiro atoms. The summed E-state index contributed by atoms with van der Waals surface area (Å²) in [5, 5.41) is 11.6. The number of rotatable bonds is 4. The van der Waals surface area contributed by atoms with Crippen LogP contribution in [0, 0.1) is 20.8 Å². The number of anilines is 1. The van der Waals surface area contributed by atoms with E-state index in [1.165, 1.54) is 23.3 Å². The fraction of sp³-hybridized carbons (Fsp3) is 0.172. The number of carbonyl (C=O) groups is 3. The molecule has 1 N–H and O–H groups in total. The molecular weight excluding hydrogens is 488 g/mol. The summed E-state index contributed by atoms with van der Waals surface area (Å²) < 4.78 is 5.69. The first kappa shape index (κ1) is 24.4. The number of nitrogens with zero attached hydrogens (tertiary/aromatic N) is 2. The predicted octanol–water partition coefficient (Wildman–Crippen LogP) is 5.63. The zero-order valence-corrected chi connectivity index (χ0v) is 21.6. The van der Waals surface area contributed by atoms with Crippen LogP contribution in [0.5, 0.6) is 0 Å². The Hall–Kier alpha value is -4.30. The van der Waals surface area contributed by atoms with Gasteiger partial charge in [0.15, 0.2) is 5.13 Å². The van der Waals surface area contributed by atoms with Crippen LogP contribution >= 0.6 is 11.3 Å². The van der Waals surface area contributed by atoms with E-state index in [2.05, 4.69) is 0 Å². The Morgan fingerprint density at radius 2 is 1.59 bits per heavy atom. The number of aliphatic hydroxyl groups is 1. The molecule has 37 heavy (non-hydrogen) atoms. The van der Waals surface area contributed by atoms with Crippen molar-refractivity contribution in [2.75, 3.05) is 12.0 Å². The van der Waals surface area contributed by atoms with Gasteiger partial charge < -0.3 is 9.84 Å². The van der Waals surface area contributed by atoms with E-state index in [4.69, 9.17) is 9.72 Å². The van der Waals surface area contributed by atoms with E-state index in [9.17, 15) is 19.5 Å². The normalized spacial score (nSPS) is 17.0. The van der Waals surface area contributed by atoms with Crippen molar-refractivity contribution in [3.8, 4) is 0 Å². The van der Waals surface area contributed by atoms with Gasteiger partial charge in [0.05, 0.1) is 34.5 Å². The number of Topliss-reactive ketones (excluding diaryl/α,β-unsaturated/α-hetero) is 1. The lowest BCUT2D eigenvalue weighted by atomic mass is 9.94. The fourth-order valence-corrected chi connectivity index (χ4v) is 5.76. The van der Waals surface area contributed by atoms with Gasteiger partial charge in [0.2, 0.25) is 0 Å². The minimum Gasteiger partial charge on any atom is -0.507 e. The molecule has 0 saturated carbocycles. The molecule has 1 fully saturated rings. The van der Waals surface area contributed by atoms with Gasteiger partial charge >= 0.3 is 11.9 Å². The molecular formula is C29H24N2O5S. The number of aryl methyl sites for hydroxylation is 3. The average molecular weight is 513 g/mol. The second-order valence-electron chi connectivity index (χ2n) is 9.07. The zero-order valence-electron chi connectivity index (χ0n) is 20.7. The Balaban J connectivity index is 1.72. The molecule has 2 heterocycles. The SMILES string of the molecule is COC(=O)c1ccc(C2C(=C(O)c3ccc(C)cc3)C(=O)C(=O)N2c2nc3c(C)cc(C)cc3s2)cc1. The molecule has 1 unspecified atom stereocenters. The van der Waals surface area contributed by atoms with E-state index in [-0.39, 0.29) is 11.3 Å². The van der Waals surface area contributed by atoms with Crippen LogP contribution in [-0.2, 0) is 14.3 Å². The smallest absolute Gasteiger partial charge is 0.337 e. The van der Waals surface area contributed by atoms with Crippen molar-refractivity contribution in [2.45, 2.75) is 26.8 Å². The number of carbonyl (C=O) groups excluding carboxylic acids is 3. The topological polar surface area (TPSA) is 96.8 Å². The minimum absolute atomic E-state index is 0.0353. The minimum atomic E-state index is -0.935. The highest BCUT2D eigenvalue weighted by molar-refractivity contribution is 7.22. The summed E-state index contributed by atoms with van der Waals surface area (Å²) in [5.41, 5.74) is 5.05. The molecule has 1 aromatic heterocycles. The number of hydrogen-bond donors (Lipinski definition) is 1. The van der Waals surface area contributed by atoms with Crippen molar-refractivity contribution in [1.82, 2.24) is 4.98 Å². The second-order valence-corrected chi connectivity index (χ2v) is 10.1. The highest BCUT2D eigenvalue weighted by atomic mass is 32.1. The standard InChI is InChI=1S/C29H24N2O5S/c1-15-5-7-19(8-6-15)25(32)22-24(18-9-11-20(12-10-18)28(35)36-4)31(27(34)26(22)33)29-30-23-17(3)13-16(2)14-21(23)37-29/h5-14,24,32H,1-4H3. The molecule has 186 valence electrons. The van der Waals surface area contributed by atoms with Crippen molar-refractivity contribution in [3.63, 3.8) is 0 Å². The summed E-state index contributed by atoms with van der Waals surface area (Å²) in [4.78, 5) is 44.9. The van der Waals surface area contributed by atoms with Crippen molar-refractivity contribution in [3.05, 3.63) is 99.6 Å². The van der Waals surface area contributed by atoms with Crippen LogP contribution in [0.4, 0.5) is 5.13 Å². The Morgan fingerprint density at radius 3 is 2.24 bits per heavy atom. The third kappa shape index (κ3) is 4.19. The van der Waals surface area contributed by atoms with Crippen LogP contribution in [0.25, 0.3) is 16.0 Å². The Kier molecular flexibility index (Phi) is 6.13. The Bertz CT molecular complexity index is 1600. The van der Waals surface area contributed by atoms with E-state index in [0.29, 0.717) is 21.8 Å². The maximum atomic E-state index is 13.5. The molecule has 4 aromatic rings. The Labute approximate surface area is 217 Å². The number of esters is 1. The quantitative estimate of drug-likeness (QED) is 0.165. The lowest BCUT2D eigenvalue weighted by Gasteiger charge is -2.23. The van der Waals surface area contributed by atoms with E-state index in [1.807, 2.05) is 45.0 Å². The van der Waals surface area contributed by atoms with Crippen LogP contribution < -0.4 is 4.90 Å². The van der Waals surface area contributed by atoms with Gasteiger partial charge in [-0.15, -0.1) is 0 Å². The first-order chi connectivity index (χ1) is 17.7. The maximum absolute atomic E-state index is 13.5. The first-order valence-corrected chi connectivity index (χ1v) is 12.5. The Morgan fingerprint density at radius 1 is 0.946 bits per heavy atom. The molecule has 7 nitrogen and oxygen atoms in total. The van der Waals surface area contributed by atoms with Gasteiger partial charge in [-0.3, -0.25) is 14.5 Å². The molecule has 1 amide bonds. The van der Waals surface area contributed by atoms with Crippen LogP contribution in [0.15, 0.2) is 66.2 Å². The average Bonchev–Trinajstić information content (AvgIpc) is 3.42. The largest absolute Gasteiger partial charge is 0.507 e. The number of thiazole rings is 1. The number of hydrogen-bond acceptors (Lipinski definition) is 7. The van der Waals surface area contributed by atoms with Gasteiger partial charge in [0.1, 0.15) is 5.76 Å². The number of aromatic nitrogens is 1. The van der Waals surface area contributed by atoms with Crippen LogP contribution in [0.3, 0.4) is 0 Å². The van der Waals surface area contributed by atoms with Crippen LogP contribution in [-0.4, -0.2) is 34.9 Å². The van der Waals surface area contributed by atoms with Gasteiger partial charge in [0.25, 0.3) is 5.78 Å². The van der Waals surface area contributed by atoms with E-state index >= 15 is 0 Å². The highest BCUT2D eigenvalue weighted by Crippen LogP contribution is 2.44. The maximum Gasteiger partial charge on any atom is 0.337 e. The molecule has 1 aliphatic heterocycles. The highest BCUT2D eigenvalue weighted by Gasteiger charge is 2.48. The number of ketones is 1. The summed E-state index contributed by atoms with van der Waals surface area (Å²) in [6.07, 6.45) is 0. The molecule has 8 heteroatoms. The van der Waals surface area contributed by atoms with E-state index < -0.39 is 23.7 Å². The van der Waals surface area contributed by atoms with E-state index in [0.717, 1.165) is 26.9 Å². The molecule has 0 radical (unpaired) electrons. The van der Waals surface area contributed by atoms with Gasteiger partial charge in [0, 0.05) is 5.56 Å². The molecule has 1 aliphatic rings. The van der Waals surface area contributed by atoms with Crippen molar-refractivity contribution < 1.29 is 24.2 Å². The number of methoxy groups -OCH3 is 1. The van der Waals surface area contributed by atoms with Crippen LogP contribution in [0.2, 0.25) is 0 Å². The van der Waals surface area contributed by atoms with Gasteiger partial charge in [-0.25, -0.2) is 9.78 Å². The first-order valence-electron chi connectivity index (χ1n) is 11.6. The summed E-state index contributed by atoms with van der Waals surface area (Å²) in [6, 6.07) is 16.6. The number of ether oxygens (including phenoxy) is 1. The summed E-state index contributed by atoms with van der Waals surface area (Å²) in [6.45, 7) is 5.86. The molecule has 5 rings (SSSR count). The summed E-state index contributed by atoms with van der Waals surface area (Å²) >= 11 is 1.31. The van der Waals surface area contributed by atoms with Gasteiger partial charge in [-0.05, 0) is 55.7 Å². The van der Waals surface area contributed by atoms with Crippen LogP contribution in [0.1, 0.15) is 44.2 Å². The van der Waals surface area contributed by atoms with E-state index in [1.54, 1.807) is 36.4 Å². The lowest BCUT2D eigenvalue weighted by Crippen LogP contribution is -2.29. The summed E-state index contributed by atoms with van der Waals surface area (Å²) in [7, 11) is 1.30. The summed E-state index contributed by atoms with van der Waals surface area (Å²) in [5.74, 6) is -2.34. The third-order valence-corrected chi connectivity index (χ3v) is 7.44. The number of aliphatic hydroxyl groups excluding tert-OH is 1. The molecule has 1 atom stereocenters. The zero-order chi connectivity index (χ0) is 26.4. The van der Waals surface area contributed by atoms with Crippen molar-refractivity contribution in [2.24, 2.45) is 0 Å². The number of benzene rings is 3. The molecule has 0 bridgehead atoms. The molecule has 3 aromatic carbocycles. The third-order valence-electron chi connectivity index (χ3n) is 6.44. The molecule has 1 saturated heterocycles. The van der Waals surface area contributed by atoms with Crippen molar-refractivity contribution >= 4 is 50.1 Å². The second kappa shape index (κ2) is 9.29. The number of fused-ring (bicyclic) bond motifs is 1. The van der Waals surface area contributed by atoms with Gasteiger partial charge in [-0.1, -0.05) is 59.4 Å². The van der Waals surface area contributed by atoms with Gasteiger partial charge in [-0.2, -0.15) is 0 Å². The monoisotopic (exact) mass is 512 g/mol. The predicted molar refractivity (Wildman–Crippen MR) is 143 cm³/mol. The molecule has 0 aliphatic carbocycles. The number of amides is 1.